The van der Waals surface area contributed by atoms with Gasteiger partial charge in [0.15, 0.2) is 0 Å². The molecule has 2 nitrogen and oxygen atoms in total. The van der Waals surface area contributed by atoms with Crippen molar-refractivity contribution in [1.29, 1.82) is 0 Å². The van der Waals surface area contributed by atoms with Gasteiger partial charge in [0.05, 0.1) is 0 Å². The maximum Gasteiger partial charge on any atom is 0.0331 e. The normalized spacial score (nSPS) is 24.8. The molecule has 0 spiro atoms. The molecule has 3 rings (SSSR count). The van der Waals surface area contributed by atoms with Crippen LogP contribution in [-0.2, 0) is 6.42 Å². The zero-order valence-corrected chi connectivity index (χ0v) is 13.4. The highest BCUT2D eigenvalue weighted by molar-refractivity contribution is 7.10. The lowest BCUT2D eigenvalue weighted by Crippen LogP contribution is -2.36. The minimum Gasteiger partial charge on any atom is -0.317 e. The number of hydrogen-bond acceptors (Lipinski definition) is 3. The molecule has 108 valence electrons. The Morgan fingerprint density at radius 1 is 1.37 bits per heavy atom. The molecule has 1 aromatic rings. The van der Waals surface area contributed by atoms with Crippen LogP contribution < -0.4 is 5.32 Å². The van der Waals surface area contributed by atoms with Crippen molar-refractivity contribution in [3.63, 3.8) is 0 Å². The minimum absolute atomic E-state index is 0. The van der Waals surface area contributed by atoms with Crippen LogP contribution in [0.25, 0.3) is 0 Å². The van der Waals surface area contributed by atoms with Crippen LogP contribution >= 0.6 is 23.7 Å². The highest BCUT2D eigenvalue weighted by Gasteiger charge is 2.25. The third-order valence-corrected chi connectivity index (χ3v) is 5.68. The van der Waals surface area contributed by atoms with Crippen molar-refractivity contribution in [2.75, 3.05) is 26.2 Å². The van der Waals surface area contributed by atoms with E-state index in [1.807, 2.05) is 11.3 Å². The molecule has 2 aliphatic heterocycles. The summed E-state index contributed by atoms with van der Waals surface area (Å²) in [6.45, 7) is 7.40. The van der Waals surface area contributed by atoms with Crippen molar-refractivity contribution in [2.24, 2.45) is 5.92 Å². The number of nitrogens with zero attached hydrogens (tertiary/aromatic N) is 1. The Bertz CT molecular complexity index is 387. The van der Waals surface area contributed by atoms with E-state index in [0.717, 1.165) is 5.92 Å². The number of thiophene rings is 1. The van der Waals surface area contributed by atoms with Crippen LogP contribution in [0.3, 0.4) is 0 Å². The Labute approximate surface area is 127 Å². The first-order valence-electron chi connectivity index (χ1n) is 7.35. The van der Waals surface area contributed by atoms with Crippen molar-refractivity contribution < 1.29 is 0 Å². The molecule has 0 amide bonds. The van der Waals surface area contributed by atoms with Crippen molar-refractivity contribution in [3.8, 4) is 0 Å². The van der Waals surface area contributed by atoms with Gasteiger partial charge in [0.2, 0.25) is 0 Å². The predicted octanol–water partition coefficient (Wildman–Crippen LogP) is 3.48. The predicted molar refractivity (Wildman–Crippen MR) is 85.5 cm³/mol. The largest absolute Gasteiger partial charge is 0.317 e. The molecule has 0 aromatic carbocycles. The summed E-state index contributed by atoms with van der Waals surface area (Å²) in [7, 11) is 0. The maximum atomic E-state index is 3.46. The van der Waals surface area contributed by atoms with Crippen LogP contribution in [0, 0.1) is 5.92 Å². The molecular weight excluding hydrogens is 276 g/mol. The van der Waals surface area contributed by atoms with Gasteiger partial charge in [-0.3, -0.25) is 4.90 Å². The van der Waals surface area contributed by atoms with E-state index in [1.54, 1.807) is 10.4 Å². The maximum absolute atomic E-state index is 3.46. The van der Waals surface area contributed by atoms with Crippen molar-refractivity contribution in [1.82, 2.24) is 10.2 Å². The number of fused-ring (bicyclic) bond motifs is 1. The van der Waals surface area contributed by atoms with Gasteiger partial charge in [-0.2, -0.15) is 0 Å². The fraction of sp³-hybridized carbons (Fsp3) is 0.733. The van der Waals surface area contributed by atoms with E-state index in [4.69, 9.17) is 0 Å². The van der Waals surface area contributed by atoms with Gasteiger partial charge >= 0.3 is 0 Å². The topological polar surface area (TPSA) is 15.3 Å². The van der Waals surface area contributed by atoms with Gasteiger partial charge in [0, 0.05) is 17.5 Å². The van der Waals surface area contributed by atoms with E-state index in [9.17, 15) is 0 Å². The Kier molecular flexibility index (Phi) is 5.70. The molecule has 2 aliphatic rings. The molecule has 4 heteroatoms. The summed E-state index contributed by atoms with van der Waals surface area (Å²) in [4.78, 5) is 4.32. The standard InChI is InChI=1S/C15H24N2S.ClH/c1-12-14-6-11-18-15(14)5-10-17(12)9-4-13-2-7-16-8-3-13;/h6,11-13,16H,2-5,7-10H2,1H3;1H. The van der Waals surface area contributed by atoms with Gasteiger partial charge in [0.25, 0.3) is 0 Å². The van der Waals surface area contributed by atoms with Crippen LogP contribution in [0.5, 0.6) is 0 Å². The van der Waals surface area contributed by atoms with Crippen LogP contribution in [0.15, 0.2) is 11.4 Å². The summed E-state index contributed by atoms with van der Waals surface area (Å²) in [5.74, 6) is 0.960. The second-order valence-electron chi connectivity index (χ2n) is 5.74. The van der Waals surface area contributed by atoms with Gasteiger partial charge in [0.1, 0.15) is 0 Å². The molecule has 0 radical (unpaired) electrons. The lowest BCUT2D eigenvalue weighted by molar-refractivity contribution is 0.178. The third-order valence-electron chi connectivity index (χ3n) is 4.69. The van der Waals surface area contributed by atoms with Crippen LogP contribution in [0.1, 0.15) is 42.7 Å². The SMILES string of the molecule is CC1c2ccsc2CCN1CCC1CCNCC1.Cl. The molecule has 3 heterocycles. The fourth-order valence-corrected chi connectivity index (χ4v) is 4.35. The number of hydrogen-bond donors (Lipinski definition) is 1. The molecular formula is C15H25ClN2S. The minimum atomic E-state index is 0. The monoisotopic (exact) mass is 300 g/mol. The smallest absolute Gasteiger partial charge is 0.0331 e. The van der Waals surface area contributed by atoms with E-state index < -0.39 is 0 Å². The molecule has 19 heavy (non-hydrogen) atoms. The summed E-state index contributed by atoms with van der Waals surface area (Å²) in [5.41, 5.74) is 1.59. The molecule has 1 aromatic heterocycles. The number of halogens is 1. The van der Waals surface area contributed by atoms with E-state index in [1.165, 1.54) is 51.9 Å². The molecule has 1 saturated heterocycles. The van der Waals surface area contributed by atoms with Gasteiger partial charge in [-0.05, 0) is 75.2 Å². The fourth-order valence-electron chi connectivity index (χ4n) is 3.39. The highest BCUT2D eigenvalue weighted by Crippen LogP contribution is 2.33. The van der Waals surface area contributed by atoms with Crippen molar-refractivity contribution >= 4 is 23.7 Å². The highest BCUT2D eigenvalue weighted by atomic mass is 35.5. The average molecular weight is 301 g/mol. The van der Waals surface area contributed by atoms with Crippen LogP contribution in [0.4, 0.5) is 0 Å². The second kappa shape index (κ2) is 7.07. The van der Waals surface area contributed by atoms with Crippen LogP contribution in [0.2, 0.25) is 0 Å². The van der Waals surface area contributed by atoms with Gasteiger partial charge in [-0.15, -0.1) is 23.7 Å². The molecule has 0 aliphatic carbocycles. The molecule has 1 fully saturated rings. The Balaban J connectivity index is 0.00000133. The molecule has 0 bridgehead atoms. The van der Waals surface area contributed by atoms with E-state index in [2.05, 4.69) is 28.6 Å². The number of rotatable bonds is 3. The Morgan fingerprint density at radius 2 is 2.16 bits per heavy atom. The van der Waals surface area contributed by atoms with Gasteiger partial charge in [-0.25, -0.2) is 0 Å². The molecule has 1 atom stereocenters. The lowest BCUT2D eigenvalue weighted by atomic mass is 9.93. The summed E-state index contributed by atoms with van der Waals surface area (Å²) in [6.07, 6.45) is 5.42. The Morgan fingerprint density at radius 3 is 2.95 bits per heavy atom. The number of piperidine rings is 1. The molecule has 1 N–H and O–H groups in total. The van der Waals surface area contributed by atoms with E-state index in [0.29, 0.717) is 6.04 Å². The average Bonchev–Trinajstić information content (AvgIpc) is 2.88. The van der Waals surface area contributed by atoms with E-state index >= 15 is 0 Å². The van der Waals surface area contributed by atoms with E-state index in [-0.39, 0.29) is 12.4 Å². The summed E-state index contributed by atoms with van der Waals surface area (Å²) in [5, 5.41) is 5.72. The molecule has 1 unspecified atom stereocenters. The second-order valence-corrected chi connectivity index (χ2v) is 6.74. The third kappa shape index (κ3) is 3.52. The van der Waals surface area contributed by atoms with Gasteiger partial charge < -0.3 is 5.32 Å². The molecule has 0 saturated carbocycles. The van der Waals surface area contributed by atoms with Crippen molar-refractivity contribution in [3.05, 3.63) is 21.9 Å². The zero-order chi connectivity index (χ0) is 12.4. The summed E-state index contributed by atoms with van der Waals surface area (Å²) >= 11 is 1.94. The first-order valence-corrected chi connectivity index (χ1v) is 8.23. The Hall–Kier alpha value is -0.0900. The summed E-state index contributed by atoms with van der Waals surface area (Å²) in [6, 6.07) is 2.98. The number of nitrogens with one attached hydrogen (secondary N) is 1. The quantitative estimate of drug-likeness (QED) is 0.919. The zero-order valence-electron chi connectivity index (χ0n) is 11.7. The van der Waals surface area contributed by atoms with Crippen LogP contribution in [-0.4, -0.2) is 31.1 Å². The lowest BCUT2D eigenvalue weighted by Gasteiger charge is -2.35. The first-order chi connectivity index (χ1) is 8.84. The van der Waals surface area contributed by atoms with Gasteiger partial charge in [-0.1, -0.05) is 0 Å². The van der Waals surface area contributed by atoms with Crippen molar-refractivity contribution in [2.45, 2.75) is 38.6 Å². The first kappa shape index (κ1) is 15.3. The summed E-state index contributed by atoms with van der Waals surface area (Å²) < 4.78 is 0.